The lowest BCUT2D eigenvalue weighted by Crippen LogP contribution is -2.37. The van der Waals surface area contributed by atoms with Gasteiger partial charge in [0.25, 0.3) is 6.29 Å². The summed E-state index contributed by atoms with van der Waals surface area (Å²) in [5, 5.41) is 0. The van der Waals surface area contributed by atoms with Crippen LogP contribution < -0.4 is 4.74 Å². The quantitative estimate of drug-likeness (QED) is 0.721. The fourth-order valence-electron chi connectivity index (χ4n) is 2.53. The van der Waals surface area contributed by atoms with E-state index in [1.807, 2.05) is 31.2 Å². The summed E-state index contributed by atoms with van der Waals surface area (Å²) in [5.74, 6) is -0.341. The van der Waals surface area contributed by atoms with Gasteiger partial charge in [0.05, 0.1) is 31.2 Å². The number of carbonyl (C=O) groups excluding carboxylic acids is 2. The van der Waals surface area contributed by atoms with Crippen molar-refractivity contribution in [2.45, 2.75) is 47.5 Å². The number of methoxy groups -OCH3 is 1. The summed E-state index contributed by atoms with van der Waals surface area (Å²) in [4.78, 5) is 24.4. The molecule has 0 N–H and O–H groups in total. The molecule has 6 heteroatoms. The van der Waals surface area contributed by atoms with Gasteiger partial charge in [0.2, 0.25) is 0 Å². The van der Waals surface area contributed by atoms with E-state index in [1.165, 1.54) is 0 Å². The smallest absolute Gasteiger partial charge is 0.317 e. The molecule has 3 atom stereocenters. The van der Waals surface area contributed by atoms with Crippen molar-refractivity contribution in [3.8, 4) is 5.75 Å². The molecule has 0 spiro atoms. The molecule has 0 amide bonds. The fourth-order valence-corrected chi connectivity index (χ4v) is 2.53. The van der Waals surface area contributed by atoms with E-state index in [1.54, 1.807) is 34.8 Å². The van der Waals surface area contributed by atoms with E-state index >= 15 is 0 Å². The molecule has 1 heterocycles. The summed E-state index contributed by atoms with van der Waals surface area (Å²) in [6.45, 7) is 9.44. The van der Waals surface area contributed by atoms with E-state index in [2.05, 4.69) is 0 Å². The van der Waals surface area contributed by atoms with Crippen LogP contribution in [0.4, 0.5) is 0 Å². The molecule has 0 aliphatic carbocycles. The third-order valence-corrected chi connectivity index (χ3v) is 4.77. The molecular formula is C20H28O6. The van der Waals surface area contributed by atoms with Gasteiger partial charge in [-0.1, -0.05) is 19.1 Å². The number of hydrogen-bond acceptors (Lipinski definition) is 6. The van der Waals surface area contributed by atoms with Gasteiger partial charge in [0.1, 0.15) is 5.75 Å². The van der Waals surface area contributed by atoms with Gasteiger partial charge in [-0.2, -0.15) is 0 Å². The zero-order chi connectivity index (χ0) is 19.5. The largest absolute Gasteiger partial charge is 0.497 e. The number of rotatable bonds is 6. The average molecular weight is 364 g/mol. The predicted molar refractivity (Wildman–Crippen MR) is 95.3 cm³/mol. The van der Waals surface area contributed by atoms with Gasteiger partial charge in [-0.3, -0.25) is 9.59 Å². The Hall–Kier alpha value is -2.08. The Balaban J connectivity index is 1.94. The van der Waals surface area contributed by atoms with Crippen LogP contribution in [-0.4, -0.2) is 31.9 Å². The Kier molecular flexibility index (Phi) is 5.96. The molecular weight excluding hydrogens is 336 g/mol. The van der Waals surface area contributed by atoms with Gasteiger partial charge in [-0.05, 0) is 45.4 Å². The SMILES string of the molecule is COc1ccc(COC[C@@]2(C)C(=O)O[C@H](OC(=O)C(C)(C)C)[C@H]2C)cc1. The molecule has 1 aromatic rings. The number of hydrogen-bond donors (Lipinski definition) is 0. The Labute approximate surface area is 154 Å². The molecule has 6 nitrogen and oxygen atoms in total. The molecule has 0 saturated carbocycles. The zero-order valence-electron chi connectivity index (χ0n) is 16.3. The fraction of sp³-hybridized carbons (Fsp3) is 0.600. The number of esters is 2. The summed E-state index contributed by atoms with van der Waals surface area (Å²) in [6.07, 6.45) is -0.885. The summed E-state index contributed by atoms with van der Waals surface area (Å²) < 4.78 is 21.6. The first kappa shape index (κ1) is 20.2. The Morgan fingerprint density at radius 2 is 1.85 bits per heavy atom. The second-order valence-corrected chi connectivity index (χ2v) is 7.98. The molecule has 1 saturated heterocycles. The van der Waals surface area contributed by atoms with Crippen molar-refractivity contribution in [3.05, 3.63) is 29.8 Å². The molecule has 26 heavy (non-hydrogen) atoms. The predicted octanol–water partition coefficient (Wildman–Crippen LogP) is 3.33. The van der Waals surface area contributed by atoms with Crippen LogP contribution in [0, 0.1) is 16.7 Å². The highest BCUT2D eigenvalue weighted by Gasteiger charge is 2.54. The number of cyclic esters (lactones) is 1. The minimum atomic E-state index is -0.885. The van der Waals surface area contributed by atoms with E-state index < -0.39 is 29.1 Å². The Morgan fingerprint density at radius 3 is 2.38 bits per heavy atom. The third-order valence-electron chi connectivity index (χ3n) is 4.77. The van der Waals surface area contributed by atoms with Crippen LogP contribution in [0.15, 0.2) is 24.3 Å². The minimum Gasteiger partial charge on any atom is -0.497 e. The molecule has 0 unspecified atom stereocenters. The van der Waals surface area contributed by atoms with Crippen molar-refractivity contribution in [1.82, 2.24) is 0 Å². The van der Waals surface area contributed by atoms with Crippen molar-refractivity contribution < 1.29 is 28.5 Å². The van der Waals surface area contributed by atoms with E-state index in [-0.39, 0.29) is 12.5 Å². The molecule has 2 rings (SSSR count). The molecule has 0 aromatic heterocycles. The maximum Gasteiger partial charge on any atom is 0.317 e. The van der Waals surface area contributed by atoms with Crippen molar-refractivity contribution in [3.63, 3.8) is 0 Å². The molecule has 1 aliphatic heterocycles. The minimum absolute atomic E-state index is 0.183. The van der Waals surface area contributed by atoms with Crippen LogP contribution in [0.2, 0.25) is 0 Å². The highest BCUT2D eigenvalue weighted by molar-refractivity contribution is 5.80. The average Bonchev–Trinajstić information content (AvgIpc) is 2.79. The first-order valence-corrected chi connectivity index (χ1v) is 8.71. The van der Waals surface area contributed by atoms with Crippen LogP contribution in [0.5, 0.6) is 5.75 Å². The van der Waals surface area contributed by atoms with E-state index in [9.17, 15) is 9.59 Å². The van der Waals surface area contributed by atoms with Crippen LogP contribution >= 0.6 is 0 Å². The topological polar surface area (TPSA) is 71.1 Å². The van der Waals surface area contributed by atoms with Gasteiger partial charge in [-0.25, -0.2) is 0 Å². The van der Waals surface area contributed by atoms with Gasteiger partial charge in [-0.15, -0.1) is 0 Å². The highest BCUT2D eigenvalue weighted by Crippen LogP contribution is 2.41. The summed E-state index contributed by atoms with van der Waals surface area (Å²) in [5.41, 5.74) is -0.546. The lowest BCUT2D eigenvalue weighted by molar-refractivity contribution is -0.188. The van der Waals surface area contributed by atoms with Gasteiger partial charge < -0.3 is 18.9 Å². The van der Waals surface area contributed by atoms with E-state index in [0.29, 0.717) is 6.61 Å². The lowest BCUT2D eigenvalue weighted by atomic mass is 9.80. The number of benzene rings is 1. The monoisotopic (exact) mass is 364 g/mol. The molecule has 0 radical (unpaired) electrons. The van der Waals surface area contributed by atoms with Gasteiger partial charge in [0, 0.05) is 5.92 Å². The summed E-state index contributed by atoms with van der Waals surface area (Å²) >= 11 is 0. The third kappa shape index (κ3) is 4.36. The lowest BCUT2D eigenvalue weighted by Gasteiger charge is -2.26. The van der Waals surface area contributed by atoms with Crippen LogP contribution in [0.25, 0.3) is 0 Å². The highest BCUT2D eigenvalue weighted by atomic mass is 16.7. The van der Waals surface area contributed by atoms with Crippen molar-refractivity contribution >= 4 is 11.9 Å². The van der Waals surface area contributed by atoms with Crippen LogP contribution in [0.3, 0.4) is 0 Å². The molecule has 1 aliphatic rings. The van der Waals surface area contributed by atoms with E-state index in [0.717, 1.165) is 11.3 Å². The normalized spacial score (nSPS) is 25.7. The second-order valence-electron chi connectivity index (χ2n) is 7.98. The van der Waals surface area contributed by atoms with E-state index in [4.69, 9.17) is 18.9 Å². The van der Waals surface area contributed by atoms with Crippen LogP contribution in [-0.2, 0) is 30.4 Å². The summed E-state index contributed by atoms with van der Waals surface area (Å²) in [6, 6.07) is 7.53. The van der Waals surface area contributed by atoms with Crippen LogP contribution in [0.1, 0.15) is 40.2 Å². The molecule has 144 valence electrons. The number of carbonyl (C=O) groups is 2. The van der Waals surface area contributed by atoms with Crippen molar-refractivity contribution in [2.24, 2.45) is 16.7 Å². The first-order chi connectivity index (χ1) is 12.1. The first-order valence-electron chi connectivity index (χ1n) is 8.71. The second kappa shape index (κ2) is 7.66. The zero-order valence-corrected chi connectivity index (χ0v) is 16.3. The molecule has 1 aromatic carbocycles. The molecule has 1 fully saturated rings. The summed E-state index contributed by atoms with van der Waals surface area (Å²) in [7, 11) is 1.61. The Bertz CT molecular complexity index is 645. The number of ether oxygens (including phenoxy) is 4. The maximum absolute atomic E-state index is 12.4. The van der Waals surface area contributed by atoms with Crippen molar-refractivity contribution in [2.75, 3.05) is 13.7 Å². The maximum atomic E-state index is 12.4. The van der Waals surface area contributed by atoms with Gasteiger partial charge in [0.15, 0.2) is 0 Å². The molecule has 0 bridgehead atoms. The van der Waals surface area contributed by atoms with Crippen molar-refractivity contribution in [1.29, 1.82) is 0 Å². The standard InChI is InChI=1S/C20H28O6/c1-13-16(25-17(21)19(2,3)4)26-18(22)20(13,5)12-24-11-14-7-9-15(23-6)10-8-14/h7-10,13,16H,11-12H2,1-6H3/t13-,16+,20-/m1/s1. The Morgan fingerprint density at radius 1 is 1.23 bits per heavy atom. The van der Waals surface area contributed by atoms with Gasteiger partial charge >= 0.3 is 11.9 Å².